The highest BCUT2D eigenvalue weighted by molar-refractivity contribution is 5.42. The molecule has 1 fully saturated rings. The molecule has 3 rings (SSSR count). The van der Waals surface area contributed by atoms with Crippen LogP contribution in [0.15, 0.2) is 48.7 Å². The maximum atomic E-state index is 6.35. The highest BCUT2D eigenvalue weighted by Crippen LogP contribution is 2.47. The summed E-state index contributed by atoms with van der Waals surface area (Å²) in [6, 6.07) is 15.4. The summed E-state index contributed by atoms with van der Waals surface area (Å²) in [5.41, 5.74) is 16.1. The van der Waals surface area contributed by atoms with E-state index in [0.29, 0.717) is 6.54 Å². The van der Waals surface area contributed by atoms with E-state index in [1.807, 2.05) is 6.20 Å². The molecule has 1 saturated carbocycles. The van der Waals surface area contributed by atoms with Gasteiger partial charge in [0.25, 0.3) is 0 Å². The molecule has 4 N–H and O–H groups in total. The number of hydrogen-bond donors (Lipinski definition) is 2. The summed E-state index contributed by atoms with van der Waals surface area (Å²) in [6.07, 6.45) is 9.65. The van der Waals surface area contributed by atoms with E-state index in [-0.39, 0.29) is 11.5 Å². The third-order valence-corrected chi connectivity index (χ3v) is 5.42. The third-order valence-electron chi connectivity index (χ3n) is 5.42. The van der Waals surface area contributed by atoms with Crippen molar-refractivity contribution >= 4 is 0 Å². The van der Waals surface area contributed by atoms with Gasteiger partial charge in [-0.1, -0.05) is 49.2 Å². The van der Waals surface area contributed by atoms with E-state index in [0.717, 1.165) is 19.3 Å². The molecule has 1 atom stereocenters. The first-order valence-electron chi connectivity index (χ1n) is 9.22. The van der Waals surface area contributed by atoms with E-state index in [1.54, 1.807) is 0 Å². The zero-order valence-electron chi connectivity index (χ0n) is 14.5. The quantitative estimate of drug-likeness (QED) is 0.819. The summed E-state index contributed by atoms with van der Waals surface area (Å²) in [7, 11) is 0. The molecule has 3 nitrogen and oxygen atoms in total. The van der Waals surface area contributed by atoms with Crippen LogP contribution in [-0.4, -0.2) is 17.6 Å². The van der Waals surface area contributed by atoms with Crippen molar-refractivity contribution in [3.05, 3.63) is 65.5 Å². The van der Waals surface area contributed by atoms with Gasteiger partial charge >= 0.3 is 0 Å². The van der Waals surface area contributed by atoms with Crippen LogP contribution in [0.5, 0.6) is 0 Å². The molecule has 0 bridgehead atoms. The average molecular weight is 323 g/mol. The van der Waals surface area contributed by atoms with Crippen LogP contribution in [0.4, 0.5) is 0 Å². The first-order valence-corrected chi connectivity index (χ1v) is 9.22. The van der Waals surface area contributed by atoms with Crippen molar-refractivity contribution in [1.29, 1.82) is 0 Å². The fraction of sp³-hybridized carbons (Fsp3) is 0.476. The van der Waals surface area contributed by atoms with Gasteiger partial charge in [0.2, 0.25) is 0 Å². The molecular weight excluding hydrogens is 294 g/mol. The number of nitrogens with two attached hydrogens (primary N) is 2. The Morgan fingerprint density at radius 1 is 1.04 bits per heavy atom. The topological polar surface area (TPSA) is 64.9 Å². The van der Waals surface area contributed by atoms with Gasteiger partial charge < -0.3 is 11.5 Å². The SMILES string of the molecule is NCCCC(N)Cc1ncccc1C1(c2ccccc2)CCCC1. The first-order chi connectivity index (χ1) is 11.8. The van der Waals surface area contributed by atoms with Crippen molar-refractivity contribution in [2.24, 2.45) is 11.5 Å². The molecule has 1 aromatic heterocycles. The highest BCUT2D eigenvalue weighted by Gasteiger charge is 2.39. The normalized spacial score (nSPS) is 17.8. The van der Waals surface area contributed by atoms with Crippen molar-refractivity contribution in [1.82, 2.24) is 4.98 Å². The van der Waals surface area contributed by atoms with Gasteiger partial charge in [-0.15, -0.1) is 0 Å². The summed E-state index contributed by atoms with van der Waals surface area (Å²) >= 11 is 0. The predicted molar refractivity (Wildman–Crippen MR) is 99.9 cm³/mol. The van der Waals surface area contributed by atoms with E-state index in [9.17, 15) is 0 Å². The van der Waals surface area contributed by atoms with Gasteiger partial charge in [0.1, 0.15) is 0 Å². The number of benzene rings is 1. The largest absolute Gasteiger partial charge is 0.330 e. The fourth-order valence-electron chi connectivity index (χ4n) is 4.22. The van der Waals surface area contributed by atoms with Crippen molar-refractivity contribution in [3.63, 3.8) is 0 Å². The first kappa shape index (κ1) is 17.1. The summed E-state index contributed by atoms with van der Waals surface area (Å²) in [6.45, 7) is 0.705. The van der Waals surface area contributed by atoms with Gasteiger partial charge in [0.05, 0.1) is 0 Å². The van der Waals surface area contributed by atoms with Crippen LogP contribution in [0.25, 0.3) is 0 Å². The minimum absolute atomic E-state index is 0.110. The summed E-state index contributed by atoms with van der Waals surface area (Å²) < 4.78 is 0. The average Bonchev–Trinajstić information content (AvgIpc) is 3.12. The van der Waals surface area contributed by atoms with E-state index in [4.69, 9.17) is 16.5 Å². The second kappa shape index (κ2) is 7.91. The van der Waals surface area contributed by atoms with Crippen LogP contribution in [0.1, 0.15) is 55.3 Å². The summed E-state index contributed by atoms with van der Waals surface area (Å²) in [5, 5.41) is 0. The summed E-state index contributed by atoms with van der Waals surface area (Å²) in [5.74, 6) is 0. The lowest BCUT2D eigenvalue weighted by molar-refractivity contribution is 0.514. The van der Waals surface area contributed by atoms with E-state index >= 15 is 0 Å². The van der Waals surface area contributed by atoms with Crippen LogP contribution in [0.2, 0.25) is 0 Å². The van der Waals surface area contributed by atoms with Gasteiger partial charge in [-0.25, -0.2) is 0 Å². The van der Waals surface area contributed by atoms with Crippen LogP contribution < -0.4 is 11.5 Å². The molecule has 1 aromatic carbocycles. The smallest absolute Gasteiger partial charge is 0.0460 e. The minimum Gasteiger partial charge on any atom is -0.330 e. The van der Waals surface area contributed by atoms with Crippen LogP contribution in [0, 0.1) is 0 Å². The fourth-order valence-corrected chi connectivity index (χ4v) is 4.22. The molecule has 2 aromatic rings. The molecule has 0 radical (unpaired) electrons. The summed E-state index contributed by atoms with van der Waals surface area (Å²) in [4.78, 5) is 4.73. The molecule has 0 aliphatic heterocycles. The minimum atomic E-state index is 0.110. The Bertz CT molecular complexity index is 633. The number of rotatable bonds is 7. The number of nitrogens with zero attached hydrogens (tertiary/aromatic N) is 1. The lowest BCUT2D eigenvalue weighted by atomic mass is 9.72. The Morgan fingerprint density at radius 2 is 1.79 bits per heavy atom. The zero-order valence-corrected chi connectivity index (χ0v) is 14.5. The Balaban J connectivity index is 1.95. The molecule has 1 heterocycles. The Hall–Kier alpha value is -1.71. The van der Waals surface area contributed by atoms with Gasteiger partial charge in [0, 0.05) is 29.8 Å². The standard InChI is InChI=1S/C21H29N3/c22-14-6-10-18(23)16-20-19(11-7-15-24-20)21(12-4-5-13-21)17-8-2-1-3-9-17/h1-3,7-9,11,15,18H,4-6,10,12-14,16,22-23H2. The molecule has 1 aliphatic rings. The molecule has 0 saturated heterocycles. The van der Waals surface area contributed by atoms with Crippen LogP contribution >= 0.6 is 0 Å². The van der Waals surface area contributed by atoms with Crippen LogP contribution in [-0.2, 0) is 11.8 Å². The second-order valence-corrected chi connectivity index (χ2v) is 7.05. The third kappa shape index (κ3) is 3.52. The van der Waals surface area contributed by atoms with E-state index in [1.165, 1.54) is 42.5 Å². The van der Waals surface area contributed by atoms with Gasteiger partial charge in [-0.05, 0) is 49.4 Å². The van der Waals surface area contributed by atoms with Crippen molar-refractivity contribution in [2.45, 2.75) is 56.4 Å². The van der Waals surface area contributed by atoms with E-state index in [2.05, 4.69) is 42.5 Å². The molecule has 128 valence electrons. The molecular formula is C21H29N3. The Kier molecular flexibility index (Phi) is 5.64. The molecule has 24 heavy (non-hydrogen) atoms. The van der Waals surface area contributed by atoms with Gasteiger partial charge in [-0.3, -0.25) is 4.98 Å². The zero-order chi connectivity index (χ0) is 16.8. The maximum Gasteiger partial charge on any atom is 0.0460 e. The second-order valence-electron chi connectivity index (χ2n) is 7.05. The lowest BCUT2D eigenvalue weighted by Crippen LogP contribution is -2.30. The number of hydrogen-bond acceptors (Lipinski definition) is 3. The van der Waals surface area contributed by atoms with Crippen molar-refractivity contribution in [3.8, 4) is 0 Å². The lowest BCUT2D eigenvalue weighted by Gasteiger charge is -2.32. The maximum absolute atomic E-state index is 6.35. The van der Waals surface area contributed by atoms with Gasteiger partial charge in [-0.2, -0.15) is 0 Å². The predicted octanol–water partition coefficient (Wildman–Crippen LogP) is 3.55. The molecule has 1 unspecified atom stereocenters. The molecule has 0 amide bonds. The van der Waals surface area contributed by atoms with Crippen LogP contribution in [0.3, 0.4) is 0 Å². The molecule has 0 spiro atoms. The molecule has 3 heteroatoms. The van der Waals surface area contributed by atoms with E-state index < -0.39 is 0 Å². The van der Waals surface area contributed by atoms with Crippen molar-refractivity contribution in [2.75, 3.05) is 6.54 Å². The Morgan fingerprint density at radius 3 is 2.50 bits per heavy atom. The monoisotopic (exact) mass is 323 g/mol. The molecule has 1 aliphatic carbocycles. The van der Waals surface area contributed by atoms with Crippen molar-refractivity contribution < 1.29 is 0 Å². The van der Waals surface area contributed by atoms with Gasteiger partial charge in [0.15, 0.2) is 0 Å². The highest BCUT2D eigenvalue weighted by atomic mass is 14.7. The Labute approximate surface area is 145 Å². The number of pyridine rings is 1. The number of aromatic nitrogens is 1.